The van der Waals surface area contributed by atoms with Gasteiger partial charge in [0.15, 0.2) is 0 Å². The molecule has 0 aliphatic heterocycles. The maximum atomic E-state index is 13.7. The van der Waals surface area contributed by atoms with Crippen molar-refractivity contribution in [3.05, 3.63) is 68.7 Å². The first-order valence-corrected chi connectivity index (χ1v) is 6.32. The van der Waals surface area contributed by atoms with Crippen molar-refractivity contribution in [2.75, 3.05) is 0 Å². The van der Waals surface area contributed by atoms with Crippen LogP contribution in [-0.2, 0) is 0 Å². The smallest absolute Gasteiger partial charge is 0.144 e. The fourth-order valence-electron chi connectivity index (χ4n) is 1.47. The lowest BCUT2D eigenvalue weighted by Gasteiger charge is -2.00. The fourth-order valence-corrected chi connectivity index (χ4v) is 2.01. The first-order chi connectivity index (χ1) is 8.58. The number of rotatable bonds is 2. The largest absolute Gasteiger partial charge is 0.206 e. The molecule has 0 saturated heterocycles. The van der Waals surface area contributed by atoms with Gasteiger partial charge >= 0.3 is 0 Å². The summed E-state index contributed by atoms with van der Waals surface area (Å²) in [6.45, 7) is 0. The molecule has 0 bridgehead atoms. The van der Waals surface area contributed by atoms with E-state index in [0.29, 0.717) is 20.6 Å². The van der Waals surface area contributed by atoms with E-state index in [2.05, 4.69) is 15.9 Å². The van der Waals surface area contributed by atoms with E-state index in [4.69, 9.17) is 11.6 Å². The lowest BCUT2D eigenvalue weighted by Crippen LogP contribution is -1.84. The molecule has 0 aliphatic rings. The van der Waals surface area contributed by atoms with E-state index in [9.17, 15) is 8.78 Å². The Bertz CT molecular complexity index is 609. The van der Waals surface area contributed by atoms with Crippen LogP contribution in [0.5, 0.6) is 0 Å². The van der Waals surface area contributed by atoms with Crippen LogP contribution in [0, 0.1) is 11.6 Å². The minimum Gasteiger partial charge on any atom is -0.206 e. The van der Waals surface area contributed by atoms with Gasteiger partial charge in [0.1, 0.15) is 11.6 Å². The van der Waals surface area contributed by atoms with Gasteiger partial charge in [-0.25, -0.2) is 8.78 Å². The Hall–Kier alpha value is -1.19. The van der Waals surface area contributed by atoms with Crippen molar-refractivity contribution in [3.8, 4) is 0 Å². The Labute approximate surface area is 117 Å². The first-order valence-electron chi connectivity index (χ1n) is 5.15. The van der Waals surface area contributed by atoms with E-state index in [-0.39, 0.29) is 5.82 Å². The fraction of sp³-hybridized carbons (Fsp3) is 0. The molecule has 0 aromatic heterocycles. The number of hydrogen-bond donors (Lipinski definition) is 0. The van der Waals surface area contributed by atoms with Crippen molar-refractivity contribution in [3.63, 3.8) is 0 Å². The third-order valence-electron chi connectivity index (χ3n) is 2.39. The summed E-state index contributed by atoms with van der Waals surface area (Å²) in [5, 5.41) is 0.332. The third kappa shape index (κ3) is 2.98. The highest BCUT2D eigenvalue weighted by atomic mass is 79.9. The summed E-state index contributed by atoms with van der Waals surface area (Å²) >= 11 is 8.75. The molecule has 2 aromatic rings. The summed E-state index contributed by atoms with van der Waals surface area (Å²) in [6.07, 6.45) is 3.03. The van der Waals surface area contributed by atoms with Crippen molar-refractivity contribution in [2.24, 2.45) is 0 Å². The van der Waals surface area contributed by atoms with Gasteiger partial charge < -0.3 is 0 Å². The van der Waals surface area contributed by atoms with Crippen LogP contribution in [0.1, 0.15) is 11.1 Å². The van der Waals surface area contributed by atoms with Crippen LogP contribution < -0.4 is 0 Å². The molecule has 0 radical (unpaired) electrons. The summed E-state index contributed by atoms with van der Waals surface area (Å²) in [6, 6.07) is 9.29. The van der Waals surface area contributed by atoms with Gasteiger partial charge in [0.05, 0.1) is 4.47 Å². The second kappa shape index (κ2) is 5.63. The molecular weight excluding hydrogens is 322 g/mol. The van der Waals surface area contributed by atoms with Gasteiger partial charge in [0.2, 0.25) is 0 Å². The Balaban J connectivity index is 2.33. The number of benzene rings is 2. The molecule has 2 rings (SSSR count). The van der Waals surface area contributed by atoms with Gasteiger partial charge in [0, 0.05) is 16.1 Å². The number of halogens is 4. The van der Waals surface area contributed by atoms with Crippen molar-refractivity contribution in [1.29, 1.82) is 0 Å². The summed E-state index contributed by atoms with van der Waals surface area (Å²) in [5.74, 6) is -0.808. The van der Waals surface area contributed by atoms with Crippen LogP contribution >= 0.6 is 27.5 Å². The molecular formula is C14H8BrClF2. The average Bonchev–Trinajstić information content (AvgIpc) is 2.33. The minimum absolute atomic E-state index is 0.332. The standard InChI is InChI=1S/C14H8BrClF2/c15-12-3-1-2-10(14(12)18)5-4-9-6-7-11(16)8-13(9)17/h1-8H. The average molecular weight is 330 g/mol. The monoisotopic (exact) mass is 328 g/mol. The second-order valence-electron chi connectivity index (χ2n) is 3.64. The zero-order valence-corrected chi connectivity index (χ0v) is 11.5. The van der Waals surface area contributed by atoms with Crippen LogP contribution in [0.4, 0.5) is 8.78 Å². The van der Waals surface area contributed by atoms with E-state index in [1.807, 2.05) is 0 Å². The zero-order valence-electron chi connectivity index (χ0n) is 9.13. The predicted octanol–water partition coefficient (Wildman–Crippen LogP) is 5.55. The summed E-state index contributed by atoms with van der Waals surface area (Å²) < 4.78 is 27.5. The van der Waals surface area contributed by atoms with Gasteiger partial charge in [-0.1, -0.05) is 42.0 Å². The van der Waals surface area contributed by atoms with E-state index in [1.54, 1.807) is 30.3 Å². The van der Waals surface area contributed by atoms with Crippen LogP contribution in [-0.4, -0.2) is 0 Å². The Kier molecular flexibility index (Phi) is 4.15. The Morgan fingerprint density at radius 3 is 2.44 bits per heavy atom. The minimum atomic E-state index is -0.436. The molecule has 0 spiro atoms. The SMILES string of the molecule is Fc1cc(Cl)ccc1C=Cc1cccc(Br)c1F. The maximum Gasteiger partial charge on any atom is 0.144 e. The van der Waals surface area contributed by atoms with Gasteiger partial charge in [-0.3, -0.25) is 0 Å². The number of hydrogen-bond acceptors (Lipinski definition) is 0. The highest BCUT2D eigenvalue weighted by Crippen LogP contribution is 2.21. The van der Waals surface area contributed by atoms with Crippen molar-refractivity contribution < 1.29 is 8.78 Å². The third-order valence-corrected chi connectivity index (χ3v) is 3.23. The summed E-state index contributed by atoms with van der Waals surface area (Å²) in [4.78, 5) is 0. The van der Waals surface area contributed by atoms with Crippen molar-refractivity contribution in [1.82, 2.24) is 0 Å². The van der Waals surface area contributed by atoms with Gasteiger partial charge in [-0.15, -0.1) is 0 Å². The van der Waals surface area contributed by atoms with Crippen LogP contribution in [0.2, 0.25) is 5.02 Å². The molecule has 4 heteroatoms. The molecule has 0 atom stereocenters. The van der Waals surface area contributed by atoms with Crippen molar-refractivity contribution >= 4 is 39.7 Å². The quantitative estimate of drug-likeness (QED) is 0.634. The molecule has 0 N–H and O–H groups in total. The molecule has 0 nitrogen and oxygen atoms in total. The van der Waals surface area contributed by atoms with Crippen LogP contribution in [0.25, 0.3) is 12.2 Å². The van der Waals surface area contributed by atoms with Gasteiger partial charge in [-0.2, -0.15) is 0 Å². The molecule has 0 aliphatic carbocycles. The van der Waals surface area contributed by atoms with E-state index >= 15 is 0 Å². The Morgan fingerprint density at radius 2 is 1.72 bits per heavy atom. The molecule has 0 unspecified atom stereocenters. The maximum absolute atomic E-state index is 13.7. The second-order valence-corrected chi connectivity index (χ2v) is 4.93. The molecule has 0 fully saturated rings. The highest BCUT2D eigenvalue weighted by molar-refractivity contribution is 9.10. The van der Waals surface area contributed by atoms with Crippen LogP contribution in [0.15, 0.2) is 40.9 Å². The van der Waals surface area contributed by atoms with Gasteiger partial charge in [-0.05, 0) is 34.1 Å². The Morgan fingerprint density at radius 1 is 1.00 bits per heavy atom. The van der Waals surface area contributed by atoms with E-state index in [1.165, 1.54) is 18.2 Å². The lowest BCUT2D eigenvalue weighted by atomic mass is 10.1. The first kappa shape index (κ1) is 13.2. The lowest BCUT2D eigenvalue weighted by molar-refractivity contribution is 0.618. The predicted molar refractivity (Wildman–Crippen MR) is 74.4 cm³/mol. The summed E-state index contributed by atoms with van der Waals surface area (Å²) in [5.41, 5.74) is 0.748. The van der Waals surface area contributed by atoms with E-state index < -0.39 is 5.82 Å². The normalized spacial score (nSPS) is 11.1. The van der Waals surface area contributed by atoms with Crippen molar-refractivity contribution in [2.45, 2.75) is 0 Å². The molecule has 0 heterocycles. The molecule has 92 valence electrons. The van der Waals surface area contributed by atoms with Gasteiger partial charge in [0.25, 0.3) is 0 Å². The zero-order chi connectivity index (χ0) is 13.1. The molecule has 0 saturated carbocycles. The topological polar surface area (TPSA) is 0 Å². The molecule has 0 amide bonds. The molecule has 18 heavy (non-hydrogen) atoms. The van der Waals surface area contributed by atoms with Crippen LogP contribution in [0.3, 0.4) is 0 Å². The molecule has 2 aromatic carbocycles. The summed E-state index contributed by atoms with van der Waals surface area (Å²) in [7, 11) is 0. The van der Waals surface area contributed by atoms with E-state index in [0.717, 1.165) is 0 Å². The highest BCUT2D eigenvalue weighted by Gasteiger charge is 2.03.